The monoisotopic (exact) mass is 441 g/mol. The van der Waals surface area contributed by atoms with E-state index in [1.807, 2.05) is 29.1 Å². The van der Waals surface area contributed by atoms with Gasteiger partial charge in [-0.1, -0.05) is 31.5 Å². The van der Waals surface area contributed by atoms with Gasteiger partial charge in [-0.05, 0) is 37.5 Å². The van der Waals surface area contributed by atoms with E-state index in [2.05, 4.69) is 52.9 Å². The zero-order valence-electron chi connectivity index (χ0n) is 14.5. The van der Waals surface area contributed by atoms with Gasteiger partial charge in [-0.2, -0.15) is 5.10 Å². The lowest BCUT2D eigenvalue weighted by molar-refractivity contribution is 0.767. The smallest absolute Gasteiger partial charge is 0.191 e. The Bertz CT molecular complexity index is 594. The Morgan fingerprint density at radius 2 is 1.96 bits per heavy atom. The summed E-state index contributed by atoms with van der Waals surface area (Å²) in [7, 11) is 0. The van der Waals surface area contributed by atoms with Crippen LogP contribution in [0.3, 0.4) is 0 Å². The van der Waals surface area contributed by atoms with Gasteiger partial charge >= 0.3 is 0 Å². The molecule has 0 spiro atoms. The molecule has 2 rings (SSSR count). The molecule has 0 fully saturated rings. The molecule has 132 valence electrons. The third-order valence-corrected chi connectivity index (χ3v) is 3.49. The van der Waals surface area contributed by atoms with E-state index < -0.39 is 0 Å². The Morgan fingerprint density at radius 3 is 2.67 bits per heavy atom. The molecular formula is C18H28IN5. The minimum absolute atomic E-state index is 0. The van der Waals surface area contributed by atoms with Gasteiger partial charge in [0.1, 0.15) is 0 Å². The fraction of sp³-hybridized carbons (Fsp3) is 0.444. The first-order valence-electron chi connectivity index (χ1n) is 8.44. The van der Waals surface area contributed by atoms with E-state index in [4.69, 9.17) is 0 Å². The summed E-state index contributed by atoms with van der Waals surface area (Å²) in [4.78, 5) is 4.56. The number of benzene rings is 1. The van der Waals surface area contributed by atoms with E-state index in [-0.39, 0.29) is 24.0 Å². The van der Waals surface area contributed by atoms with Crippen LogP contribution in [0.2, 0.25) is 0 Å². The van der Waals surface area contributed by atoms with Crippen molar-refractivity contribution in [1.82, 2.24) is 20.4 Å². The second kappa shape index (κ2) is 11.9. The average Bonchev–Trinajstić information content (AvgIpc) is 3.05. The van der Waals surface area contributed by atoms with Gasteiger partial charge < -0.3 is 10.6 Å². The quantitative estimate of drug-likeness (QED) is 0.286. The highest BCUT2D eigenvalue weighted by Gasteiger charge is 2.02. The van der Waals surface area contributed by atoms with Crippen LogP contribution in [0.4, 0.5) is 0 Å². The Morgan fingerprint density at radius 1 is 1.17 bits per heavy atom. The van der Waals surface area contributed by atoms with Crippen molar-refractivity contribution < 1.29 is 0 Å². The number of nitrogens with zero attached hydrogens (tertiary/aromatic N) is 3. The van der Waals surface area contributed by atoms with E-state index in [1.165, 1.54) is 12.0 Å². The van der Waals surface area contributed by atoms with Crippen molar-refractivity contribution in [3.8, 4) is 5.69 Å². The maximum Gasteiger partial charge on any atom is 0.191 e. The molecular weight excluding hydrogens is 413 g/mol. The van der Waals surface area contributed by atoms with Crippen molar-refractivity contribution in [2.45, 2.75) is 33.1 Å². The van der Waals surface area contributed by atoms with E-state index in [0.717, 1.165) is 44.1 Å². The number of guanidine groups is 1. The number of hydrogen-bond donors (Lipinski definition) is 2. The summed E-state index contributed by atoms with van der Waals surface area (Å²) in [6.07, 6.45) is 7.22. The third-order valence-electron chi connectivity index (χ3n) is 3.49. The summed E-state index contributed by atoms with van der Waals surface area (Å²) < 4.78 is 1.91. The van der Waals surface area contributed by atoms with Gasteiger partial charge in [0.2, 0.25) is 0 Å². The van der Waals surface area contributed by atoms with Crippen LogP contribution in [0.1, 0.15) is 32.3 Å². The van der Waals surface area contributed by atoms with Gasteiger partial charge in [0.25, 0.3) is 0 Å². The average molecular weight is 441 g/mol. The zero-order chi connectivity index (χ0) is 16.3. The van der Waals surface area contributed by atoms with Crippen LogP contribution in [-0.4, -0.2) is 35.4 Å². The molecule has 24 heavy (non-hydrogen) atoms. The molecule has 5 nitrogen and oxygen atoms in total. The minimum Gasteiger partial charge on any atom is -0.357 e. The lowest BCUT2D eigenvalue weighted by Gasteiger charge is -2.10. The predicted octanol–water partition coefficient (Wildman–Crippen LogP) is 3.39. The first-order chi connectivity index (χ1) is 11.3. The van der Waals surface area contributed by atoms with E-state index in [9.17, 15) is 0 Å². The molecule has 0 saturated carbocycles. The van der Waals surface area contributed by atoms with Crippen molar-refractivity contribution in [1.29, 1.82) is 0 Å². The van der Waals surface area contributed by atoms with Gasteiger partial charge in [0.15, 0.2) is 5.96 Å². The molecule has 1 heterocycles. The molecule has 0 aliphatic heterocycles. The molecule has 0 radical (unpaired) electrons. The molecule has 2 N–H and O–H groups in total. The number of halogens is 1. The number of hydrogen-bond acceptors (Lipinski definition) is 2. The highest BCUT2D eigenvalue weighted by molar-refractivity contribution is 14.0. The number of para-hydroxylation sites is 1. The summed E-state index contributed by atoms with van der Waals surface area (Å²) >= 11 is 0. The summed E-state index contributed by atoms with van der Waals surface area (Å²) in [5, 5.41) is 11.1. The van der Waals surface area contributed by atoms with Gasteiger partial charge in [-0.3, -0.25) is 4.99 Å². The third kappa shape index (κ3) is 6.90. The zero-order valence-corrected chi connectivity index (χ0v) is 16.9. The summed E-state index contributed by atoms with van der Waals surface area (Å²) in [6, 6.07) is 10.2. The fourth-order valence-corrected chi connectivity index (χ4v) is 2.23. The van der Waals surface area contributed by atoms with E-state index >= 15 is 0 Å². The first kappa shape index (κ1) is 20.5. The van der Waals surface area contributed by atoms with E-state index in [0.29, 0.717) is 0 Å². The first-order valence-corrected chi connectivity index (χ1v) is 8.44. The molecule has 0 aliphatic carbocycles. The summed E-state index contributed by atoms with van der Waals surface area (Å²) in [6.45, 7) is 6.86. The maximum absolute atomic E-state index is 4.56. The Labute approximate surface area is 162 Å². The number of aliphatic imine (C=N–C) groups is 1. The standard InChI is InChI=1S/C18H27N5.HI/c1-3-5-12-20-18(19-4-2)21-13-11-16-14-22-23(15-16)17-9-7-6-8-10-17;/h6-10,14-15H,3-5,11-13H2,1-2H3,(H2,19,20,21);1H. The molecule has 0 atom stereocenters. The van der Waals surface area contributed by atoms with Crippen LogP contribution in [0, 0.1) is 0 Å². The molecule has 0 aliphatic rings. The highest BCUT2D eigenvalue weighted by atomic mass is 127. The lowest BCUT2D eigenvalue weighted by atomic mass is 10.2. The molecule has 0 amide bonds. The maximum atomic E-state index is 4.56. The van der Waals surface area contributed by atoms with Gasteiger partial charge in [0, 0.05) is 25.8 Å². The second-order valence-corrected chi connectivity index (χ2v) is 5.42. The van der Waals surface area contributed by atoms with Crippen LogP contribution in [0.5, 0.6) is 0 Å². The van der Waals surface area contributed by atoms with Crippen molar-refractivity contribution in [3.05, 3.63) is 48.3 Å². The number of nitrogens with one attached hydrogen (secondary N) is 2. The van der Waals surface area contributed by atoms with Gasteiger partial charge in [-0.25, -0.2) is 4.68 Å². The molecule has 0 bridgehead atoms. The summed E-state index contributed by atoms with van der Waals surface area (Å²) in [5.41, 5.74) is 2.30. The second-order valence-electron chi connectivity index (χ2n) is 5.42. The number of rotatable bonds is 8. The van der Waals surface area contributed by atoms with Gasteiger partial charge in [0.05, 0.1) is 11.9 Å². The number of unbranched alkanes of at least 4 members (excludes halogenated alkanes) is 1. The molecule has 6 heteroatoms. The van der Waals surface area contributed by atoms with E-state index in [1.54, 1.807) is 0 Å². The summed E-state index contributed by atoms with van der Waals surface area (Å²) in [5.74, 6) is 0.899. The topological polar surface area (TPSA) is 54.2 Å². The SMILES string of the molecule is CCCCN=C(NCC)NCCc1cnn(-c2ccccc2)c1.I. The largest absolute Gasteiger partial charge is 0.357 e. The fourth-order valence-electron chi connectivity index (χ4n) is 2.23. The lowest BCUT2D eigenvalue weighted by Crippen LogP contribution is -2.38. The molecule has 1 aromatic carbocycles. The van der Waals surface area contributed by atoms with Gasteiger partial charge in [-0.15, -0.1) is 24.0 Å². The van der Waals surface area contributed by atoms with Crippen molar-refractivity contribution in [2.24, 2.45) is 4.99 Å². The van der Waals surface area contributed by atoms with Crippen LogP contribution in [-0.2, 0) is 6.42 Å². The van der Waals surface area contributed by atoms with Crippen molar-refractivity contribution >= 4 is 29.9 Å². The van der Waals surface area contributed by atoms with Crippen LogP contribution in [0.25, 0.3) is 5.69 Å². The minimum atomic E-state index is 0. The Kier molecular flexibility index (Phi) is 10.1. The molecule has 1 aromatic heterocycles. The predicted molar refractivity (Wildman–Crippen MR) is 112 cm³/mol. The molecule has 0 saturated heterocycles. The van der Waals surface area contributed by atoms with Crippen LogP contribution >= 0.6 is 24.0 Å². The van der Waals surface area contributed by atoms with Crippen LogP contribution in [0.15, 0.2) is 47.7 Å². The number of aromatic nitrogens is 2. The molecule has 0 unspecified atom stereocenters. The Hall–Kier alpha value is -1.57. The van der Waals surface area contributed by atoms with Crippen LogP contribution < -0.4 is 10.6 Å². The normalized spacial score (nSPS) is 11.0. The highest BCUT2D eigenvalue weighted by Crippen LogP contribution is 2.07. The molecule has 2 aromatic rings. The van der Waals surface area contributed by atoms with Crippen molar-refractivity contribution in [2.75, 3.05) is 19.6 Å². The van der Waals surface area contributed by atoms with Crippen molar-refractivity contribution in [3.63, 3.8) is 0 Å². The Balaban J connectivity index is 0.00000288.